The lowest BCUT2D eigenvalue weighted by atomic mass is 10.9. The standard InChI is InChI=1S/C2H4O2.CH3Cl3Si/c1-2(3)4;1-5(2,3)4/h1H3,(H,3,4);1H3. The molecular weight excluding hydrogens is 202 g/mol. The van der Waals surface area contributed by atoms with Crippen LogP contribution in [0.15, 0.2) is 0 Å². The number of aliphatic carboxylic acids is 1. The second kappa shape index (κ2) is 5.35. The van der Waals surface area contributed by atoms with E-state index >= 15 is 0 Å². The summed E-state index contributed by atoms with van der Waals surface area (Å²) in [6, 6.07) is -2.19. The van der Waals surface area contributed by atoms with Crippen molar-refractivity contribution in [2.75, 3.05) is 0 Å². The molecule has 0 aromatic carbocycles. The first kappa shape index (κ1) is 12.3. The lowest BCUT2D eigenvalue weighted by Crippen LogP contribution is -1.97. The molecule has 0 saturated heterocycles. The smallest absolute Gasteiger partial charge is 0.338 e. The Balaban J connectivity index is 0. The summed E-state index contributed by atoms with van der Waals surface area (Å²) in [5.74, 6) is -0.833. The van der Waals surface area contributed by atoms with Crippen molar-refractivity contribution < 1.29 is 9.90 Å². The van der Waals surface area contributed by atoms with Crippen molar-refractivity contribution >= 4 is 45.2 Å². The summed E-state index contributed by atoms with van der Waals surface area (Å²) < 4.78 is 0. The monoisotopic (exact) mass is 208 g/mol. The fourth-order valence-corrected chi connectivity index (χ4v) is 0. The maximum atomic E-state index is 9.00. The fraction of sp³-hybridized carbons (Fsp3) is 0.667. The van der Waals surface area contributed by atoms with Crippen molar-refractivity contribution in [1.82, 2.24) is 0 Å². The zero-order valence-corrected chi connectivity index (χ0v) is 8.26. The number of hydrogen-bond acceptors (Lipinski definition) is 1. The van der Waals surface area contributed by atoms with Gasteiger partial charge in [-0.25, -0.2) is 0 Å². The molecule has 1 N–H and O–H groups in total. The van der Waals surface area contributed by atoms with Crippen molar-refractivity contribution in [3.8, 4) is 0 Å². The summed E-state index contributed by atoms with van der Waals surface area (Å²) in [7, 11) is 0. The Kier molecular flexibility index (Phi) is 7.28. The lowest BCUT2D eigenvalue weighted by molar-refractivity contribution is -0.134. The molecule has 6 heteroatoms. The Labute approximate surface area is 68.8 Å². The predicted octanol–water partition coefficient (Wildman–Crippen LogP) is 2.36. The SMILES string of the molecule is CC(=O)O.C[Si](Cl)(Cl)Cl. The average Bonchev–Trinajstić information content (AvgIpc) is 1.19. The summed E-state index contributed by atoms with van der Waals surface area (Å²) in [6.45, 7) is 2.71. The van der Waals surface area contributed by atoms with Gasteiger partial charge >= 0.3 is 6.00 Å². The zero-order chi connectivity index (χ0) is 8.08. The first-order valence-electron chi connectivity index (χ1n) is 1.99. The molecule has 0 fully saturated rings. The Morgan fingerprint density at radius 1 is 1.44 bits per heavy atom. The van der Waals surface area contributed by atoms with Gasteiger partial charge in [0.2, 0.25) is 0 Å². The van der Waals surface area contributed by atoms with Crippen LogP contribution in [-0.2, 0) is 4.79 Å². The molecule has 0 spiro atoms. The zero-order valence-electron chi connectivity index (χ0n) is 4.99. The maximum absolute atomic E-state index is 9.00. The molecule has 0 unspecified atom stereocenters. The Morgan fingerprint density at radius 3 is 1.44 bits per heavy atom. The van der Waals surface area contributed by atoms with Gasteiger partial charge in [-0.05, 0) is 6.55 Å². The van der Waals surface area contributed by atoms with Crippen molar-refractivity contribution in [3.63, 3.8) is 0 Å². The van der Waals surface area contributed by atoms with E-state index in [1.807, 2.05) is 0 Å². The average molecular weight is 210 g/mol. The Bertz CT molecular complexity index is 79.5. The maximum Gasteiger partial charge on any atom is 0.338 e. The minimum absolute atomic E-state index is 0.833. The molecule has 0 radical (unpaired) electrons. The first-order chi connectivity index (χ1) is 3.73. The second-order valence-electron chi connectivity index (χ2n) is 1.30. The molecule has 0 rings (SSSR count). The minimum Gasteiger partial charge on any atom is -0.481 e. The van der Waals surface area contributed by atoms with Gasteiger partial charge in [0.1, 0.15) is 0 Å². The van der Waals surface area contributed by atoms with Crippen molar-refractivity contribution in [1.29, 1.82) is 0 Å². The van der Waals surface area contributed by atoms with Gasteiger partial charge in [-0.15, -0.1) is 33.2 Å². The molecule has 2 nitrogen and oxygen atoms in total. The van der Waals surface area contributed by atoms with E-state index < -0.39 is 12.0 Å². The van der Waals surface area contributed by atoms with Gasteiger partial charge in [0.05, 0.1) is 0 Å². The minimum atomic E-state index is -2.19. The van der Waals surface area contributed by atoms with Crippen LogP contribution in [0.5, 0.6) is 0 Å². The molecule has 56 valence electrons. The van der Waals surface area contributed by atoms with E-state index in [4.69, 9.17) is 43.1 Å². The van der Waals surface area contributed by atoms with Crippen LogP contribution in [0, 0.1) is 0 Å². The Hall–Kier alpha value is 0.557. The van der Waals surface area contributed by atoms with E-state index in [-0.39, 0.29) is 0 Å². The number of carboxylic acid groups (broad SMARTS) is 1. The molecule has 0 aliphatic carbocycles. The van der Waals surface area contributed by atoms with E-state index in [1.54, 1.807) is 6.55 Å². The van der Waals surface area contributed by atoms with E-state index in [9.17, 15) is 0 Å². The highest BCUT2D eigenvalue weighted by Crippen LogP contribution is 2.17. The third-order valence-electron chi connectivity index (χ3n) is 0. The molecule has 0 aliphatic heterocycles. The van der Waals surface area contributed by atoms with Gasteiger partial charge in [0.25, 0.3) is 5.97 Å². The molecule has 0 atom stereocenters. The van der Waals surface area contributed by atoms with E-state index in [2.05, 4.69) is 0 Å². The van der Waals surface area contributed by atoms with Gasteiger partial charge < -0.3 is 5.11 Å². The molecule has 0 aromatic rings. The predicted molar refractivity (Wildman–Crippen MR) is 42.5 cm³/mol. The van der Waals surface area contributed by atoms with Crippen molar-refractivity contribution in [3.05, 3.63) is 0 Å². The quantitative estimate of drug-likeness (QED) is 0.491. The highest BCUT2D eigenvalue weighted by molar-refractivity contribution is 7.64. The van der Waals surface area contributed by atoms with Crippen LogP contribution in [-0.4, -0.2) is 17.1 Å². The third kappa shape index (κ3) is 1190. The molecule has 0 bridgehead atoms. The normalized spacial score (nSPS) is 9.44. The highest BCUT2D eigenvalue weighted by atomic mass is 35.8. The summed E-state index contributed by atoms with van der Waals surface area (Å²) in [4.78, 5) is 9.00. The molecule has 0 heterocycles. The van der Waals surface area contributed by atoms with Crippen LogP contribution in [0.4, 0.5) is 0 Å². The number of carbonyl (C=O) groups is 1. The van der Waals surface area contributed by atoms with Crippen LogP contribution < -0.4 is 0 Å². The van der Waals surface area contributed by atoms with Crippen LogP contribution in [0.1, 0.15) is 6.92 Å². The summed E-state index contributed by atoms with van der Waals surface area (Å²) >= 11 is 15.6. The molecule has 0 amide bonds. The summed E-state index contributed by atoms with van der Waals surface area (Å²) in [6.07, 6.45) is 0. The highest BCUT2D eigenvalue weighted by Gasteiger charge is 2.13. The van der Waals surface area contributed by atoms with Gasteiger partial charge in [0.15, 0.2) is 0 Å². The van der Waals surface area contributed by atoms with Gasteiger partial charge in [-0.1, -0.05) is 0 Å². The first-order valence-corrected chi connectivity index (χ1v) is 7.53. The van der Waals surface area contributed by atoms with Crippen molar-refractivity contribution in [2.45, 2.75) is 13.5 Å². The van der Waals surface area contributed by atoms with Gasteiger partial charge in [0, 0.05) is 6.92 Å². The van der Waals surface area contributed by atoms with Gasteiger partial charge in [-0.3, -0.25) is 4.79 Å². The van der Waals surface area contributed by atoms with Crippen LogP contribution in [0.2, 0.25) is 6.55 Å². The lowest BCUT2D eigenvalue weighted by Gasteiger charge is -1.89. The number of rotatable bonds is 0. The largest absolute Gasteiger partial charge is 0.481 e. The van der Waals surface area contributed by atoms with E-state index in [0.29, 0.717) is 0 Å². The number of carboxylic acids is 1. The van der Waals surface area contributed by atoms with Crippen LogP contribution >= 0.6 is 33.2 Å². The van der Waals surface area contributed by atoms with Crippen molar-refractivity contribution in [2.24, 2.45) is 0 Å². The van der Waals surface area contributed by atoms with Crippen LogP contribution in [0.3, 0.4) is 0 Å². The third-order valence-corrected chi connectivity index (χ3v) is 0. The molecule has 0 aliphatic rings. The summed E-state index contributed by atoms with van der Waals surface area (Å²) in [5, 5.41) is 7.42. The van der Waals surface area contributed by atoms with E-state index in [0.717, 1.165) is 6.92 Å². The van der Waals surface area contributed by atoms with Crippen LogP contribution in [0.25, 0.3) is 0 Å². The topological polar surface area (TPSA) is 37.3 Å². The fourth-order valence-electron chi connectivity index (χ4n) is 0. The molecule has 9 heavy (non-hydrogen) atoms. The number of hydrogen-bond donors (Lipinski definition) is 1. The van der Waals surface area contributed by atoms with E-state index in [1.165, 1.54) is 0 Å². The Morgan fingerprint density at radius 2 is 1.44 bits per heavy atom. The molecular formula is C3H7Cl3O2Si. The molecule has 0 saturated carbocycles. The second-order valence-corrected chi connectivity index (χ2v) is 11.4. The summed E-state index contributed by atoms with van der Waals surface area (Å²) in [5.41, 5.74) is 0. The molecule has 0 aromatic heterocycles. The number of halogens is 3. The van der Waals surface area contributed by atoms with Gasteiger partial charge in [-0.2, -0.15) is 0 Å².